The number of esters is 1. The van der Waals surface area contributed by atoms with Crippen molar-refractivity contribution in [1.82, 2.24) is 14.8 Å². The minimum absolute atomic E-state index is 0.0541. The molecule has 0 bridgehead atoms. The lowest BCUT2D eigenvalue weighted by molar-refractivity contribution is 0.0512. The van der Waals surface area contributed by atoms with E-state index >= 15 is 0 Å². The highest BCUT2D eigenvalue weighted by Crippen LogP contribution is 2.16. The fourth-order valence-electron chi connectivity index (χ4n) is 1.64. The molecule has 0 radical (unpaired) electrons. The maximum Gasteiger partial charge on any atom is 0.378 e. The number of carbonyl (C=O) groups excluding carboxylic acids is 1. The Kier molecular flexibility index (Phi) is 3.91. The number of benzene rings is 1. The van der Waals surface area contributed by atoms with E-state index in [0.717, 1.165) is 5.69 Å². The highest BCUT2D eigenvalue weighted by molar-refractivity contribution is 5.85. The van der Waals surface area contributed by atoms with Gasteiger partial charge >= 0.3 is 5.97 Å². The second-order valence-electron chi connectivity index (χ2n) is 3.94. The molecule has 19 heavy (non-hydrogen) atoms. The van der Waals surface area contributed by atoms with Crippen LogP contribution in [0.15, 0.2) is 30.3 Å². The molecule has 0 saturated carbocycles. The lowest BCUT2D eigenvalue weighted by Crippen LogP contribution is -2.07. The molecule has 0 amide bonds. The summed E-state index contributed by atoms with van der Waals surface area (Å²) in [7, 11) is 0. The van der Waals surface area contributed by atoms with Gasteiger partial charge < -0.3 is 9.84 Å². The van der Waals surface area contributed by atoms with Crippen molar-refractivity contribution >= 4 is 5.97 Å². The lowest BCUT2D eigenvalue weighted by atomic mass is 10.3. The summed E-state index contributed by atoms with van der Waals surface area (Å²) < 4.78 is 6.29. The van der Waals surface area contributed by atoms with Gasteiger partial charge in [0.05, 0.1) is 12.3 Å². The summed E-state index contributed by atoms with van der Waals surface area (Å²) in [5.74, 6) is -0.352. The molecule has 0 aliphatic heterocycles. The van der Waals surface area contributed by atoms with E-state index in [0.29, 0.717) is 5.82 Å². The van der Waals surface area contributed by atoms with Gasteiger partial charge in [-0.05, 0) is 26.0 Å². The molecule has 0 saturated heterocycles. The maximum atomic E-state index is 11.6. The molecule has 0 spiro atoms. The summed E-state index contributed by atoms with van der Waals surface area (Å²) in [6, 6.07) is 9.18. The zero-order chi connectivity index (χ0) is 13.8. The second-order valence-corrected chi connectivity index (χ2v) is 3.94. The third kappa shape index (κ3) is 2.79. The number of aliphatic hydroxyl groups is 1. The number of hydrogen-bond donors (Lipinski definition) is 1. The number of carbonyl (C=O) groups is 1. The Balaban J connectivity index is 2.45. The molecule has 6 nitrogen and oxygen atoms in total. The smallest absolute Gasteiger partial charge is 0.378 e. The van der Waals surface area contributed by atoms with Gasteiger partial charge in [-0.2, -0.15) is 0 Å². The molecule has 100 valence electrons. The van der Waals surface area contributed by atoms with Gasteiger partial charge in [0.1, 0.15) is 6.10 Å². The molecular weight excluding hydrogens is 246 g/mol. The minimum Gasteiger partial charge on any atom is -0.460 e. The summed E-state index contributed by atoms with van der Waals surface area (Å²) in [4.78, 5) is 15.7. The van der Waals surface area contributed by atoms with Crippen LogP contribution >= 0.6 is 0 Å². The van der Waals surface area contributed by atoms with Crippen LogP contribution in [0.3, 0.4) is 0 Å². The van der Waals surface area contributed by atoms with Gasteiger partial charge in [0.15, 0.2) is 5.82 Å². The molecule has 1 atom stereocenters. The van der Waals surface area contributed by atoms with Gasteiger partial charge in [-0.15, -0.1) is 5.10 Å². The van der Waals surface area contributed by atoms with E-state index in [9.17, 15) is 9.90 Å². The SMILES string of the molecule is CCOC(=O)c1nc(C(C)O)n(-c2ccccc2)n1. The fourth-order valence-corrected chi connectivity index (χ4v) is 1.64. The summed E-state index contributed by atoms with van der Waals surface area (Å²) in [6.45, 7) is 3.53. The summed E-state index contributed by atoms with van der Waals surface area (Å²) in [5.41, 5.74) is 0.724. The molecule has 1 N–H and O–H groups in total. The van der Waals surface area contributed by atoms with Crippen molar-refractivity contribution in [2.24, 2.45) is 0 Å². The first-order valence-corrected chi connectivity index (χ1v) is 6.01. The third-order valence-corrected chi connectivity index (χ3v) is 2.46. The van der Waals surface area contributed by atoms with E-state index in [4.69, 9.17) is 4.74 Å². The van der Waals surface area contributed by atoms with Gasteiger partial charge in [0.2, 0.25) is 0 Å². The van der Waals surface area contributed by atoms with E-state index in [2.05, 4.69) is 10.1 Å². The van der Waals surface area contributed by atoms with E-state index < -0.39 is 12.1 Å². The molecule has 1 aromatic carbocycles. The molecule has 2 rings (SSSR count). The lowest BCUT2D eigenvalue weighted by Gasteiger charge is -2.06. The third-order valence-electron chi connectivity index (χ3n) is 2.46. The van der Waals surface area contributed by atoms with Crippen molar-refractivity contribution in [2.45, 2.75) is 20.0 Å². The Hall–Kier alpha value is -2.21. The highest BCUT2D eigenvalue weighted by atomic mass is 16.5. The number of aliphatic hydroxyl groups excluding tert-OH is 1. The summed E-state index contributed by atoms with van der Waals surface area (Å²) >= 11 is 0. The van der Waals surface area contributed by atoms with Gasteiger partial charge in [0.25, 0.3) is 5.82 Å². The summed E-state index contributed by atoms with van der Waals surface area (Å²) in [6.07, 6.45) is -0.837. The van der Waals surface area contributed by atoms with Crippen LogP contribution < -0.4 is 0 Å². The molecule has 2 aromatic rings. The first kappa shape index (κ1) is 13.2. The highest BCUT2D eigenvalue weighted by Gasteiger charge is 2.20. The predicted octanol–water partition coefficient (Wildman–Crippen LogP) is 1.50. The van der Waals surface area contributed by atoms with Gasteiger partial charge in [0, 0.05) is 0 Å². The van der Waals surface area contributed by atoms with Gasteiger partial charge in [-0.3, -0.25) is 0 Å². The molecule has 1 heterocycles. The molecule has 0 aliphatic rings. The normalized spacial score (nSPS) is 12.2. The Bertz CT molecular complexity index is 564. The quantitative estimate of drug-likeness (QED) is 0.844. The van der Waals surface area contributed by atoms with Crippen LogP contribution in [0.2, 0.25) is 0 Å². The summed E-state index contributed by atoms with van der Waals surface area (Å²) in [5, 5.41) is 13.8. The van der Waals surface area contributed by atoms with Crippen molar-refractivity contribution in [1.29, 1.82) is 0 Å². The van der Waals surface area contributed by atoms with Crippen molar-refractivity contribution in [2.75, 3.05) is 6.61 Å². The van der Waals surface area contributed by atoms with E-state index in [1.807, 2.05) is 30.3 Å². The zero-order valence-electron chi connectivity index (χ0n) is 10.8. The van der Waals surface area contributed by atoms with Crippen LogP contribution in [-0.2, 0) is 4.74 Å². The van der Waals surface area contributed by atoms with Crippen LogP contribution in [0.25, 0.3) is 5.69 Å². The van der Waals surface area contributed by atoms with Crippen LogP contribution in [-0.4, -0.2) is 32.4 Å². The monoisotopic (exact) mass is 261 g/mol. The Morgan fingerprint density at radius 3 is 2.68 bits per heavy atom. The molecule has 6 heteroatoms. The Morgan fingerprint density at radius 1 is 1.42 bits per heavy atom. The fraction of sp³-hybridized carbons (Fsp3) is 0.308. The maximum absolute atomic E-state index is 11.6. The van der Waals surface area contributed by atoms with Crippen molar-refractivity contribution in [3.8, 4) is 5.69 Å². The first-order chi connectivity index (χ1) is 9.13. The Labute approximate surface area is 110 Å². The van der Waals surface area contributed by atoms with Crippen LogP contribution in [0, 0.1) is 0 Å². The number of para-hydroxylation sites is 1. The van der Waals surface area contributed by atoms with E-state index in [-0.39, 0.29) is 12.4 Å². The largest absolute Gasteiger partial charge is 0.460 e. The number of ether oxygens (including phenoxy) is 1. The number of hydrogen-bond acceptors (Lipinski definition) is 5. The van der Waals surface area contributed by atoms with Crippen molar-refractivity contribution in [3.05, 3.63) is 42.0 Å². The molecule has 0 aliphatic carbocycles. The van der Waals surface area contributed by atoms with Gasteiger partial charge in [-0.1, -0.05) is 18.2 Å². The molecule has 1 aromatic heterocycles. The zero-order valence-corrected chi connectivity index (χ0v) is 10.8. The predicted molar refractivity (Wildman–Crippen MR) is 67.9 cm³/mol. The molecular formula is C13H15N3O3. The topological polar surface area (TPSA) is 77.2 Å². The molecule has 0 fully saturated rings. The average Bonchev–Trinajstić information content (AvgIpc) is 2.85. The number of nitrogens with zero attached hydrogens (tertiary/aromatic N) is 3. The van der Waals surface area contributed by atoms with Crippen LogP contribution in [0.4, 0.5) is 0 Å². The molecule has 1 unspecified atom stereocenters. The number of aromatic nitrogens is 3. The van der Waals surface area contributed by atoms with Crippen molar-refractivity contribution < 1.29 is 14.6 Å². The standard InChI is InChI=1S/C13H15N3O3/c1-3-19-13(18)11-14-12(9(2)17)16(15-11)10-7-5-4-6-8-10/h4-9,17H,3H2,1-2H3. The minimum atomic E-state index is -0.837. The second kappa shape index (κ2) is 5.62. The van der Waals surface area contributed by atoms with Gasteiger partial charge in [-0.25, -0.2) is 14.5 Å². The van der Waals surface area contributed by atoms with Crippen LogP contribution in [0.1, 0.15) is 36.4 Å². The average molecular weight is 261 g/mol. The number of rotatable bonds is 4. The Morgan fingerprint density at radius 2 is 2.11 bits per heavy atom. The van der Waals surface area contributed by atoms with E-state index in [1.165, 1.54) is 4.68 Å². The first-order valence-electron chi connectivity index (χ1n) is 6.01. The van der Waals surface area contributed by atoms with E-state index in [1.54, 1.807) is 13.8 Å². The van der Waals surface area contributed by atoms with Crippen LogP contribution in [0.5, 0.6) is 0 Å². The van der Waals surface area contributed by atoms with Crippen molar-refractivity contribution in [3.63, 3.8) is 0 Å².